The number of nitrogens with zero attached hydrogens (tertiary/aromatic N) is 2. The molecule has 3 aromatic rings. The number of allylic oxidation sites excluding steroid dienone is 1. The lowest BCUT2D eigenvalue weighted by molar-refractivity contribution is 0.276. The van der Waals surface area contributed by atoms with Gasteiger partial charge in [-0.2, -0.15) is 5.26 Å². The van der Waals surface area contributed by atoms with Gasteiger partial charge in [-0.25, -0.2) is 0 Å². The van der Waals surface area contributed by atoms with E-state index in [4.69, 9.17) is 29.4 Å². The van der Waals surface area contributed by atoms with E-state index >= 15 is 0 Å². The number of ether oxygens (including phenoxy) is 5. The van der Waals surface area contributed by atoms with Crippen LogP contribution in [0.4, 0.5) is 0 Å². The van der Waals surface area contributed by atoms with E-state index in [9.17, 15) is 5.26 Å². The smallest absolute Gasteiger partial charge is 0.244 e. The number of fused-ring (bicyclic) bond motifs is 1. The van der Waals surface area contributed by atoms with Crippen LogP contribution >= 0.6 is 0 Å². The van der Waals surface area contributed by atoms with E-state index in [0.29, 0.717) is 60.0 Å². The molecule has 0 spiro atoms. The Morgan fingerprint density at radius 1 is 1.00 bits per heavy atom. The summed E-state index contributed by atoms with van der Waals surface area (Å²) in [5.41, 5.74) is 9.41. The topological polar surface area (TPSA) is 125 Å². The highest BCUT2D eigenvalue weighted by molar-refractivity contribution is 5.73. The van der Waals surface area contributed by atoms with Crippen LogP contribution in [0.5, 0.6) is 28.9 Å². The van der Waals surface area contributed by atoms with Gasteiger partial charge in [-0.15, -0.1) is 5.10 Å². The van der Waals surface area contributed by atoms with E-state index in [1.54, 1.807) is 7.11 Å². The standard InChI is InChI=1S/C27H30N4O5/c1-5-12-35-20-10-8-16(13-22(20)34-7-3)23-18(15-28)26(29)36-27-24(23)25(30-31-27)17-9-11-19(33-6-2)21(14-17)32-4/h8-11,13-14,23H,5-7,12,29H2,1-4H3,(H,30,31). The van der Waals surface area contributed by atoms with Gasteiger partial charge >= 0.3 is 0 Å². The van der Waals surface area contributed by atoms with Crippen LogP contribution in [0.1, 0.15) is 44.2 Å². The van der Waals surface area contributed by atoms with Crippen molar-refractivity contribution >= 4 is 0 Å². The van der Waals surface area contributed by atoms with Crippen molar-refractivity contribution < 1.29 is 23.7 Å². The Morgan fingerprint density at radius 3 is 2.42 bits per heavy atom. The Labute approximate surface area is 210 Å². The molecule has 0 saturated carbocycles. The zero-order chi connectivity index (χ0) is 25.7. The Morgan fingerprint density at radius 2 is 1.72 bits per heavy atom. The fourth-order valence-corrected chi connectivity index (χ4v) is 4.20. The molecule has 1 aliphatic rings. The van der Waals surface area contributed by atoms with Crippen LogP contribution in [0.15, 0.2) is 47.9 Å². The molecular weight excluding hydrogens is 460 g/mol. The molecule has 0 saturated heterocycles. The number of rotatable bonds is 10. The van der Waals surface area contributed by atoms with Gasteiger partial charge in [0.25, 0.3) is 0 Å². The molecule has 0 amide bonds. The molecule has 9 nitrogen and oxygen atoms in total. The molecule has 0 aliphatic carbocycles. The van der Waals surface area contributed by atoms with Crippen molar-refractivity contribution in [3.05, 3.63) is 59.0 Å². The summed E-state index contributed by atoms with van der Waals surface area (Å²) in [6.45, 7) is 7.42. The number of nitrogens with one attached hydrogen (secondary N) is 1. The molecule has 3 N–H and O–H groups in total. The summed E-state index contributed by atoms with van der Waals surface area (Å²) >= 11 is 0. The summed E-state index contributed by atoms with van der Waals surface area (Å²) < 4.78 is 28.7. The molecule has 1 atom stereocenters. The third kappa shape index (κ3) is 4.62. The Bertz CT molecular complexity index is 1310. The zero-order valence-electron chi connectivity index (χ0n) is 20.9. The Hall–Kier alpha value is -4.32. The lowest BCUT2D eigenvalue weighted by Gasteiger charge is -2.25. The van der Waals surface area contributed by atoms with Crippen LogP contribution in [0.3, 0.4) is 0 Å². The second kappa shape index (κ2) is 11.0. The van der Waals surface area contributed by atoms with Crippen LogP contribution < -0.4 is 29.4 Å². The van der Waals surface area contributed by atoms with Crippen molar-refractivity contribution in [1.82, 2.24) is 10.2 Å². The fraction of sp³-hybridized carbons (Fsp3) is 0.333. The van der Waals surface area contributed by atoms with Gasteiger partial charge in [0.1, 0.15) is 11.6 Å². The molecule has 36 heavy (non-hydrogen) atoms. The summed E-state index contributed by atoms with van der Waals surface area (Å²) in [7, 11) is 1.59. The number of benzene rings is 2. The highest BCUT2D eigenvalue weighted by Crippen LogP contribution is 2.47. The summed E-state index contributed by atoms with van der Waals surface area (Å²) in [5.74, 6) is 2.25. The van der Waals surface area contributed by atoms with Gasteiger partial charge in [-0.05, 0) is 56.2 Å². The molecule has 2 aromatic carbocycles. The molecule has 0 bridgehead atoms. The summed E-state index contributed by atoms with van der Waals surface area (Å²) in [4.78, 5) is 0. The zero-order valence-corrected chi connectivity index (χ0v) is 20.9. The fourth-order valence-electron chi connectivity index (χ4n) is 4.20. The molecule has 0 radical (unpaired) electrons. The normalized spacial score (nSPS) is 14.5. The second-order valence-electron chi connectivity index (χ2n) is 8.03. The van der Waals surface area contributed by atoms with Gasteiger partial charge in [0.05, 0.1) is 44.1 Å². The molecular formula is C27H30N4O5. The maximum atomic E-state index is 10.0. The van der Waals surface area contributed by atoms with E-state index in [1.807, 2.05) is 57.2 Å². The first-order valence-corrected chi connectivity index (χ1v) is 11.9. The maximum Gasteiger partial charge on any atom is 0.244 e. The predicted molar refractivity (Wildman–Crippen MR) is 134 cm³/mol. The van der Waals surface area contributed by atoms with Crippen LogP contribution in [-0.4, -0.2) is 37.1 Å². The minimum absolute atomic E-state index is 0.0154. The number of methoxy groups -OCH3 is 1. The van der Waals surface area contributed by atoms with Crippen molar-refractivity contribution in [2.45, 2.75) is 33.1 Å². The molecule has 1 aliphatic heterocycles. The Balaban J connectivity index is 1.86. The summed E-state index contributed by atoms with van der Waals surface area (Å²) in [6, 6.07) is 13.5. The molecule has 188 valence electrons. The summed E-state index contributed by atoms with van der Waals surface area (Å²) in [5, 5.41) is 17.5. The van der Waals surface area contributed by atoms with Crippen LogP contribution in [-0.2, 0) is 0 Å². The van der Waals surface area contributed by atoms with E-state index in [2.05, 4.69) is 16.3 Å². The van der Waals surface area contributed by atoms with Crippen molar-refractivity contribution in [2.24, 2.45) is 5.73 Å². The summed E-state index contributed by atoms with van der Waals surface area (Å²) in [6.07, 6.45) is 0.873. The number of aromatic amines is 1. The average Bonchev–Trinajstić information content (AvgIpc) is 3.31. The first-order chi connectivity index (χ1) is 17.6. The average molecular weight is 491 g/mol. The quantitative estimate of drug-likeness (QED) is 0.412. The number of H-pyrrole nitrogens is 1. The molecule has 1 unspecified atom stereocenters. The van der Waals surface area contributed by atoms with Crippen molar-refractivity contribution in [1.29, 1.82) is 5.26 Å². The first kappa shape index (κ1) is 24.8. The molecule has 2 heterocycles. The highest BCUT2D eigenvalue weighted by Gasteiger charge is 2.36. The van der Waals surface area contributed by atoms with E-state index < -0.39 is 5.92 Å². The number of nitriles is 1. The van der Waals surface area contributed by atoms with E-state index in [-0.39, 0.29) is 11.5 Å². The van der Waals surface area contributed by atoms with Crippen LogP contribution in [0, 0.1) is 11.3 Å². The number of hydrogen-bond donors (Lipinski definition) is 2. The van der Waals surface area contributed by atoms with Crippen molar-refractivity contribution in [2.75, 3.05) is 26.9 Å². The molecule has 0 fully saturated rings. The van der Waals surface area contributed by atoms with E-state index in [1.165, 1.54) is 0 Å². The van der Waals surface area contributed by atoms with Crippen molar-refractivity contribution in [3.8, 4) is 46.2 Å². The lowest BCUT2D eigenvalue weighted by Crippen LogP contribution is -2.21. The van der Waals surface area contributed by atoms with Gasteiger partial charge in [-0.3, -0.25) is 5.10 Å². The van der Waals surface area contributed by atoms with Gasteiger partial charge in [0.2, 0.25) is 11.8 Å². The number of hydrogen-bond acceptors (Lipinski definition) is 8. The minimum Gasteiger partial charge on any atom is -0.493 e. The lowest BCUT2D eigenvalue weighted by atomic mass is 9.83. The minimum atomic E-state index is -0.538. The maximum absolute atomic E-state index is 10.0. The predicted octanol–water partition coefficient (Wildman–Crippen LogP) is 4.89. The monoisotopic (exact) mass is 490 g/mol. The van der Waals surface area contributed by atoms with Crippen LogP contribution in [0.2, 0.25) is 0 Å². The Kier molecular flexibility index (Phi) is 7.54. The number of aromatic nitrogens is 2. The van der Waals surface area contributed by atoms with Gasteiger partial charge in [0.15, 0.2) is 23.0 Å². The third-order valence-corrected chi connectivity index (χ3v) is 5.75. The molecule has 1 aromatic heterocycles. The number of nitrogens with two attached hydrogens (primary N) is 1. The van der Waals surface area contributed by atoms with Gasteiger partial charge < -0.3 is 29.4 Å². The largest absolute Gasteiger partial charge is 0.493 e. The molecule has 4 rings (SSSR count). The first-order valence-electron chi connectivity index (χ1n) is 11.9. The second-order valence-corrected chi connectivity index (χ2v) is 8.03. The van der Waals surface area contributed by atoms with E-state index in [0.717, 1.165) is 17.5 Å². The van der Waals surface area contributed by atoms with Gasteiger partial charge in [0, 0.05) is 5.56 Å². The SMILES string of the molecule is CCCOc1ccc(C2C(C#N)=C(N)Oc3n[nH]c(-c4ccc(OCC)c(OC)c4)c32)cc1OCC. The van der Waals surface area contributed by atoms with Gasteiger partial charge in [-0.1, -0.05) is 13.0 Å². The van der Waals surface area contributed by atoms with Crippen molar-refractivity contribution in [3.63, 3.8) is 0 Å². The van der Waals surface area contributed by atoms with Crippen LogP contribution in [0.25, 0.3) is 11.3 Å². The third-order valence-electron chi connectivity index (χ3n) is 5.75. The molecule has 9 heteroatoms. The highest BCUT2D eigenvalue weighted by atomic mass is 16.5.